The third-order valence-corrected chi connectivity index (χ3v) is 6.61. The fourth-order valence-electron chi connectivity index (χ4n) is 3.44. The third kappa shape index (κ3) is 6.39. The first-order valence-electron chi connectivity index (χ1n) is 11.2. The predicted octanol–water partition coefficient (Wildman–Crippen LogP) is 5.43. The minimum Gasteiger partial charge on any atom is -0.342 e. The van der Waals surface area contributed by atoms with Crippen LogP contribution < -0.4 is 10.6 Å². The molecule has 0 radical (unpaired) electrons. The Kier molecular flexibility index (Phi) is 8.74. The van der Waals surface area contributed by atoms with E-state index in [1.807, 2.05) is 69.5 Å². The molecule has 0 saturated heterocycles. The van der Waals surface area contributed by atoms with Crippen LogP contribution in [0.5, 0.6) is 0 Å². The van der Waals surface area contributed by atoms with Crippen LogP contribution >= 0.6 is 23.4 Å². The average Bonchev–Trinajstić information content (AvgIpc) is 3.21. The molecule has 7 nitrogen and oxygen atoms in total. The van der Waals surface area contributed by atoms with Gasteiger partial charge in [0.15, 0.2) is 11.0 Å². The zero-order chi connectivity index (χ0) is 24.8. The Bertz CT molecular complexity index is 1160. The Hall–Kier alpha value is -2.84. The van der Waals surface area contributed by atoms with Gasteiger partial charge in [0, 0.05) is 22.8 Å². The Morgan fingerprint density at radius 1 is 1.09 bits per heavy atom. The molecule has 2 amide bonds. The van der Waals surface area contributed by atoms with Gasteiger partial charge in [0.2, 0.25) is 5.91 Å². The van der Waals surface area contributed by atoms with Crippen LogP contribution in [0.2, 0.25) is 5.02 Å². The summed E-state index contributed by atoms with van der Waals surface area (Å²) < 4.78 is 1.95. The van der Waals surface area contributed by atoms with Crippen molar-refractivity contribution in [1.82, 2.24) is 20.1 Å². The van der Waals surface area contributed by atoms with Crippen molar-refractivity contribution in [3.8, 4) is 0 Å². The lowest BCUT2D eigenvalue weighted by atomic mass is 10.0. The van der Waals surface area contributed by atoms with Gasteiger partial charge in [-0.1, -0.05) is 61.0 Å². The molecule has 0 unspecified atom stereocenters. The first kappa shape index (κ1) is 25.8. The van der Waals surface area contributed by atoms with Crippen molar-refractivity contribution in [3.63, 3.8) is 0 Å². The maximum Gasteiger partial charge on any atom is 0.251 e. The van der Waals surface area contributed by atoms with Crippen molar-refractivity contribution in [1.29, 1.82) is 0 Å². The Balaban J connectivity index is 1.72. The van der Waals surface area contributed by atoms with Gasteiger partial charge in [-0.25, -0.2) is 0 Å². The number of carbonyl (C=O) groups excluding carboxylic acids is 2. The van der Waals surface area contributed by atoms with E-state index in [0.29, 0.717) is 33.8 Å². The van der Waals surface area contributed by atoms with E-state index in [1.165, 1.54) is 11.8 Å². The van der Waals surface area contributed by atoms with Crippen LogP contribution in [-0.2, 0) is 11.3 Å². The van der Waals surface area contributed by atoms with Gasteiger partial charge >= 0.3 is 0 Å². The molecule has 1 atom stereocenters. The second-order valence-electron chi connectivity index (χ2n) is 8.44. The van der Waals surface area contributed by atoms with Gasteiger partial charge in [-0.15, -0.1) is 10.2 Å². The first-order chi connectivity index (χ1) is 16.2. The summed E-state index contributed by atoms with van der Waals surface area (Å²) in [7, 11) is 0. The summed E-state index contributed by atoms with van der Waals surface area (Å²) in [6, 6.07) is 12.5. The number of halogens is 1. The molecule has 34 heavy (non-hydrogen) atoms. The molecule has 2 aromatic carbocycles. The van der Waals surface area contributed by atoms with Gasteiger partial charge in [-0.05, 0) is 56.5 Å². The van der Waals surface area contributed by atoms with Crippen molar-refractivity contribution < 1.29 is 9.59 Å². The number of benzene rings is 2. The molecule has 3 aromatic rings. The fourth-order valence-corrected chi connectivity index (χ4v) is 4.42. The first-order valence-corrected chi connectivity index (χ1v) is 12.5. The van der Waals surface area contributed by atoms with Crippen LogP contribution in [0.1, 0.15) is 54.1 Å². The summed E-state index contributed by atoms with van der Waals surface area (Å²) in [6.07, 6.45) is 0. The number of nitrogens with one attached hydrogen (secondary N) is 2. The Morgan fingerprint density at radius 2 is 1.79 bits per heavy atom. The normalized spacial score (nSPS) is 12.0. The molecule has 1 heterocycles. The molecule has 2 N–H and O–H groups in total. The highest BCUT2D eigenvalue weighted by Gasteiger charge is 2.26. The minimum absolute atomic E-state index is 0.0934. The van der Waals surface area contributed by atoms with Gasteiger partial charge in [0.1, 0.15) is 0 Å². The van der Waals surface area contributed by atoms with Crippen LogP contribution in [-0.4, -0.2) is 32.3 Å². The molecule has 180 valence electrons. The molecule has 0 saturated carbocycles. The molecule has 0 aliphatic heterocycles. The molecule has 0 spiro atoms. The maximum atomic E-state index is 12.9. The minimum atomic E-state index is -0.321. The Labute approximate surface area is 209 Å². The number of hydrogen-bond donors (Lipinski definition) is 2. The maximum absolute atomic E-state index is 12.9. The number of carbonyl (C=O) groups is 2. The summed E-state index contributed by atoms with van der Waals surface area (Å²) in [4.78, 5) is 25.4. The highest BCUT2D eigenvalue weighted by Crippen LogP contribution is 2.26. The smallest absolute Gasteiger partial charge is 0.251 e. The Morgan fingerprint density at radius 3 is 2.44 bits per heavy atom. The fraction of sp³-hybridized carbons (Fsp3) is 0.360. The van der Waals surface area contributed by atoms with Gasteiger partial charge in [-0.2, -0.15) is 0 Å². The van der Waals surface area contributed by atoms with E-state index in [4.69, 9.17) is 11.6 Å². The molecule has 3 rings (SSSR count). The van der Waals surface area contributed by atoms with Crippen molar-refractivity contribution in [3.05, 3.63) is 70.0 Å². The summed E-state index contributed by atoms with van der Waals surface area (Å²) in [5.74, 6) is 0.625. The molecule has 0 aliphatic rings. The number of aryl methyl sites for hydroxylation is 2. The number of amides is 2. The number of anilines is 1. The van der Waals surface area contributed by atoms with Crippen LogP contribution in [0.15, 0.2) is 47.6 Å². The van der Waals surface area contributed by atoms with Gasteiger partial charge in [-0.3, -0.25) is 9.59 Å². The van der Waals surface area contributed by atoms with E-state index in [1.54, 1.807) is 12.1 Å². The van der Waals surface area contributed by atoms with Gasteiger partial charge in [0.05, 0.1) is 11.8 Å². The number of thioether (sulfide) groups is 1. The molecule has 1 aromatic heterocycles. The largest absolute Gasteiger partial charge is 0.342 e. The highest BCUT2D eigenvalue weighted by atomic mass is 35.5. The molecular weight excluding hydrogens is 470 g/mol. The summed E-state index contributed by atoms with van der Waals surface area (Å²) in [5, 5.41) is 15.9. The van der Waals surface area contributed by atoms with Crippen LogP contribution in [0.25, 0.3) is 0 Å². The lowest BCUT2D eigenvalue weighted by molar-refractivity contribution is -0.113. The van der Waals surface area contributed by atoms with E-state index >= 15 is 0 Å². The second-order valence-corrected chi connectivity index (χ2v) is 9.82. The van der Waals surface area contributed by atoms with Crippen molar-refractivity contribution in [2.45, 2.75) is 52.4 Å². The standard InChI is InChI=1S/C25H30ClN5O2S/c1-6-31-23(22(15(2)3)28-24(33)18-10-7-16(4)8-11-18)29-30-25(31)34-14-21(32)27-20-13-19(26)12-9-17(20)5/h7-13,15,22H,6,14H2,1-5H3,(H,27,32)(H,28,33)/t22-/m0/s1. The van der Waals surface area contributed by atoms with E-state index in [-0.39, 0.29) is 29.5 Å². The van der Waals surface area contributed by atoms with Crippen LogP contribution in [0.4, 0.5) is 5.69 Å². The number of aromatic nitrogens is 3. The van der Waals surface area contributed by atoms with Crippen LogP contribution in [0, 0.1) is 19.8 Å². The predicted molar refractivity (Wildman–Crippen MR) is 137 cm³/mol. The summed E-state index contributed by atoms with van der Waals surface area (Å²) >= 11 is 7.35. The zero-order valence-electron chi connectivity index (χ0n) is 20.1. The molecule has 0 bridgehead atoms. The highest BCUT2D eigenvalue weighted by molar-refractivity contribution is 7.99. The van der Waals surface area contributed by atoms with Crippen molar-refractivity contribution >= 4 is 40.9 Å². The number of rotatable bonds is 9. The van der Waals surface area contributed by atoms with E-state index in [2.05, 4.69) is 20.8 Å². The monoisotopic (exact) mass is 499 g/mol. The molecular formula is C25H30ClN5O2S. The van der Waals surface area contributed by atoms with Gasteiger partial charge < -0.3 is 15.2 Å². The van der Waals surface area contributed by atoms with Gasteiger partial charge in [0.25, 0.3) is 5.91 Å². The van der Waals surface area contributed by atoms with Crippen LogP contribution in [0.3, 0.4) is 0 Å². The average molecular weight is 500 g/mol. The summed E-state index contributed by atoms with van der Waals surface area (Å²) in [6.45, 7) is 10.6. The molecule has 9 heteroatoms. The van der Waals surface area contributed by atoms with Crippen molar-refractivity contribution in [2.75, 3.05) is 11.1 Å². The van der Waals surface area contributed by atoms with E-state index in [9.17, 15) is 9.59 Å². The van der Waals surface area contributed by atoms with Crippen molar-refractivity contribution in [2.24, 2.45) is 5.92 Å². The third-order valence-electron chi connectivity index (χ3n) is 5.41. The molecule has 0 aliphatic carbocycles. The van der Waals surface area contributed by atoms with E-state index < -0.39 is 0 Å². The second kappa shape index (κ2) is 11.5. The summed E-state index contributed by atoms with van der Waals surface area (Å²) in [5.41, 5.74) is 3.32. The topological polar surface area (TPSA) is 88.9 Å². The van der Waals surface area contributed by atoms with E-state index in [0.717, 1.165) is 11.1 Å². The SMILES string of the molecule is CCn1c(SCC(=O)Nc2cc(Cl)ccc2C)nnc1[C@@H](NC(=O)c1ccc(C)cc1)C(C)C. The number of nitrogens with zero attached hydrogens (tertiary/aromatic N) is 3. The zero-order valence-corrected chi connectivity index (χ0v) is 21.6. The molecule has 0 fully saturated rings. The quantitative estimate of drug-likeness (QED) is 0.383. The number of hydrogen-bond acceptors (Lipinski definition) is 5. The lowest BCUT2D eigenvalue weighted by Crippen LogP contribution is -2.33. The lowest BCUT2D eigenvalue weighted by Gasteiger charge is -2.22.